The van der Waals surface area contributed by atoms with Gasteiger partial charge in [0.2, 0.25) is 5.91 Å². The summed E-state index contributed by atoms with van der Waals surface area (Å²) in [6.45, 7) is 5.93. The summed E-state index contributed by atoms with van der Waals surface area (Å²) in [5.74, 6) is 0.755. The fourth-order valence-corrected chi connectivity index (χ4v) is 3.26. The molecule has 0 aliphatic heterocycles. The maximum atomic E-state index is 12.6. The lowest BCUT2D eigenvalue weighted by Crippen LogP contribution is -2.31. The maximum Gasteiger partial charge on any atom is 0.229 e. The number of rotatable bonds is 4. The average Bonchev–Trinajstić information content (AvgIpc) is 2.92. The van der Waals surface area contributed by atoms with Crippen molar-refractivity contribution in [1.29, 1.82) is 0 Å². The number of nitrogens with one attached hydrogen (secondary N) is 2. The summed E-state index contributed by atoms with van der Waals surface area (Å²) in [4.78, 5) is 20.3. The van der Waals surface area contributed by atoms with Gasteiger partial charge in [-0.25, -0.2) is 4.98 Å². The van der Waals surface area contributed by atoms with E-state index >= 15 is 0 Å². The minimum Gasteiger partial charge on any atom is -0.386 e. The van der Waals surface area contributed by atoms with E-state index in [-0.39, 0.29) is 11.8 Å². The van der Waals surface area contributed by atoms with Crippen molar-refractivity contribution in [1.82, 2.24) is 15.3 Å². The van der Waals surface area contributed by atoms with Gasteiger partial charge in [0.25, 0.3) is 0 Å². The lowest BCUT2D eigenvalue weighted by molar-refractivity contribution is -0.123. The van der Waals surface area contributed by atoms with Crippen LogP contribution in [-0.2, 0) is 23.4 Å². The summed E-state index contributed by atoms with van der Waals surface area (Å²) >= 11 is 0. The summed E-state index contributed by atoms with van der Waals surface area (Å²) in [6, 6.07) is 7.69. The number of carbonyl (C=O) groups is 1. The summed E-state index contributed by atoms with van der Waals surface area (Å²) in [5.41, 5.74) is 3.05. The standard InChI is InChI=1S/C19H25N3O2/c1-12-21-16-6-4-5-15(17(16)22-12)18(23)20-11-13-7-9-14(10-8-13)19(2,3)24/h7-10,15,24H,4-6,11H2,1-3H3,(H,20,23)(H,21,22). The van der Waals surface area contributed by atoms with Crippen LogP contribution in [-0.4, -0.2) is 21.0 Å². The molecule has 0 bridgehead atoms. The number of hydrogen-bond acceptors (Lipinski definition) is 3. The Kier molecular flexibility index (Phi) is 4.45. The lowest BCUT2D eigenvalue weighted by atomic mass is 9.89. The number of H-pyrrole nitrogens is 1. The van der Waals surface area contributed by atoms with Crippen LogP contribution >= 0.6 is 0 Å². The van der Waals surface area contributed by atoms with Crippen LogP contribution in [0.1, 0.15) is 60.9 Å². The molecule has 1 amide bonds. The molecule has 128 valence electrons. The Morgan fingerprint density at radius 3 is 2.75 bits per heavy atom. The highest BCUT2D eigenvalue weighted by molar-refractivity contribution is 5.83. The number of nitrogens with zero attached hydrogens (tertiary/aromatic N) is 1. The van der Waals surface area contributed by atoms with Gasteiger partial charge in [0.1, 0.15) is 5.82 Å². The second-order valence-corrected chi connectivity index (χ2v) is 7.10. The Hall–Kier alpha value is -2.14. The Labute approximate surface area is 142 Å². The van der Waals surface area contributed by atoms with Crippen molar-refractivity contribution in [3.05, 3.63) is 52.6 Å². The van der Waals surface area contributed by atoms with E-state index in [1.165, 1.54) is 0 Å². The molecule has 1 atom stereocenters. The molecule has 0 spiro atoms. The highest BCUT2D eigenvalue weighted by atomic mass is 16.3. The number of benzene rings is 1. The fourth-order valence-electron chi connectivity index (χ4n) is 3.26. The van der Waals surface area contributed by atoms with Gasteiger partial charge in [-0.1, -0.05) is 24.3 Å². The number of aromatic nitrogens is 2. The Balaban J connectivity index is 1.64. The van der Waals surface area contributed by atoms with Crippen molar-refractivity contribution in [3.63, 3.8) is 0 Å². The molecule has 5 heteroatoms. The van der Waals surface area contributed by atoms with Gasteiger partial charge in [0, 0.05) is 12.2 Å². The topological polar surface area (TPSA) is 78.0 Å². The molecule has 0 saturated heterocycles. The molecular formula is C19H25N3O2. The van der Waals surface area contributed by atoms with Crippen LogP contribution in [0.3, 0.4) is 0 Å². The zero-order chi connectivity index (χ0) is 17.3. The van der Waals surface area contributed by atoms with Crippen molar-refractivity contribution in [2.75, 3.05) is 0 Å². The lowest BCUT2D eigenvalue weighted by Gasteiger charge is -2.21. The van der Waals surface area contributed by atoms with Gasteiger partial charge < -0.3 is 15.4 Å². The molecule has 0 fully saturated rings. The zero-order valence-corrected chi connectivity index (χ0v) is 14.5. The average molecular weight is 327 g/mol. The van der Waals surface area contributed by atoms with Gasteiger partial charge in [-0.3, -0.25) is 4.79 Å². The van der Waals surface area contributed by atoms with Crippen LogP contribution < -0.4 is 5.32 Å². The summed E-state index contributed by atoms with van der Waals surface area (Å²) in [7, 11) is 0. The molecule has 2 aromatic rings. The molecular weight excluding hydrogens is 302 g/mol. The molecule has 1 aromatic heterocycles. The number of imidazole rings is 1. The molecule has 1 aliphatic carbocycles. The van der Waals surface area contributed by atoms with Gasteiger partial charge in [-0.05, 0) is 51.2 Å². The van der Waals surface area contributed by atoms with Gasteiger partial charge in [-0.2, -0.15) is 0 Å². The fraction of sp³-hybridized carbons (Fsp3) is 0.474. The predicted octanol–water partition coefficient (Wildman–Crippen LogP) is 2.68. The van der Waals surface area contributed by atoms with Crippen molar-refractivity contribution >= 4 is 5.91 Å². The number of aryl methyl sites for hydroxylation is 2. The van der Waals surface area contributed by atoms with Crippen LogP contribution in [0.25, 0.3) is 0 Å². The monoisotopic (exact) mass is 327 g/mol. The molecule has 3 N–H and O–H groups in total. The third kappa shape index (κ3) is 3.51. The van der Waals surface area contributed by atoms with E-state index in [4.69, 9.17) is 0 Å². The maximum absolute atomic E-state index is 12.6. The molecule has 1 heterocycles. The molecule has 24 heavy (non-hydrogen) atoms. The van der Waals surface area contributed by atoms with E-state index in [0.29, 0.717) is 6.54 Å². The van der Waals surface area contributed by atoms with Gasteiger partial charge in [-0.15, -0.1) is 0 Å². The number of carbonyl (C=O) groups excluding carboxylic acids is 1. The third-order valence-electron chi connectivity index (χ3n) is 4.62. The van der Waals surface area contributed by atoms with Crippen molar-refractivity contribution in [2.24, 2.45) is 0 Å². The molecule has 3 rings (SSSR count). The first-order valence-corrected chi connectivity index (χ1v) is 8.49. The van der Waals surface area contributed by atoms with Crippen LogP contribution in [0.2, 0.25) is 0 Å². The Morgan fingerprint density at radius 1 is 1.38 bits per heavy atom. The predicted molar refractivity (Wildman–Crippen MR) is 92.5 cm³/mol. The zero-order valence-electron chi connectivity index (χ0n) is 14.5. The number of hydrogen-bond donors (Lipinski definition) is 3. The molecule has 1 aromatic carbocycles. The van der Waals surface area contributed by atoms with Crippen LogP contribution in [0, 0.1) is 6.92 Å². The Morgan fingerprint density at radius 2 is 2.08 bits per heavy atom. The first-order valence-electron chi connectivity index (χ1n) is 8.49. The summed E-state index contributed by atoms with van der Waals surface area (Å²) in [5, 5.41) is 13.0. The van der Waals surface area contributed by atoms with Crippen molar-refractivity contribution < 1.29 is 9.90 Å². The number of fused-ring (bicyclic) bond motifs is 1. The molecule has 0 radical (unpaired) electrons. The van der Waals surface area contributed by atoms with E-state index in [9.17, 15) is 9.90 Å². The van der Waals surface area contributed by atoms with Crippen LogP contribution in [0.5, 0.6) is 0 Å². The normalized spacial score (nSPS) is 17.4. The van der Waals surface area contributed by atoms with E-state index in [0.717, 1.165) is 47.6 Å². The second kappa shape index (κ2) is 6.40. The van der Waals surface area contributed by atoms with Gasteiger partial charge >= 0.3 is 0 Å². The molecule has 5 nitrogen and oxygen atoms in total. The van der Waals surface area contributed by atoms with Crippen LogP contribution in [0.15, 0.2) is 24.3 Å². The SMILES string of the molecule is Cc1nc2c([nH]1)CCCC2C(=O)NCc1ccc(C(C)(C)O)cc1. The minimum absolute atomic E-state index is 0.0361. The highest BCUT2D eigenvalue weighted by Gasteiger charge is 2.29. The molecule has 1 aliphatic rings. The summed E-state index contributed by atoms with van der Waals surface area (Å²) < 4.78 is 0. The van der Waals surface area contributed by atoms with Crippen molar-refractivity contribution in [3.8, 4) is 0 Å². The van der Waals surface area contributed by atoms with Gasteiger partial charge in [0.05, 0.1) is 17.2 Å². The quantitative estimate of drug-likeness (QED) is 0.808. The first kappa shape index (κ1) is 16.7. The van der Waals surface area contributed by atoms with E-state index in [1.807, 2.05) is 31.2 Å². The highest BCUT2D eigenvalue weighted by Crippen LogP contribution is 2.30. The number of aliphatic hydroxyl groups is 1. The van der Waals surface area contributed by atoms with E-state index in [1.54, 1.807) is 13.8 Å². The minimum atomic E-state index is -0.849. The van der Waals surface area contributed by atoms with E-state index < -0.39 is 5.60 Å². The van der Waals surface area contributed by atoms with Crippen molar-refractivity contribution in [2.45, 2.75) is 58.1 Å². The smallest absolute Gasteiger partial charge is 0.229 e. The first-order chi connectivity index (χ1) is 11.3. The third-order valence-corrected chi connectivity index (χ3v) is 4.62. The van der Waals surface area contributed by atoms with Crippen LogP contribution in [0.4, 0.5) is 0 Å². The summed E-state index contributed by atoms with van der Waals surface area (Å²) in [6.07, 6.45) is 2.83. The Bertz CT molecular complexity index is 726. The molecule has 0 saturated carbocycles. The largest absolute Gasteiger partial charge is 0.386 e. The van der Waals surface area contributed by atoms with Gasteiger partial charge in [0.15, 0.2) is 0 Å². The molecule has 1 unspecified atom stereocenters. The van der Waals surface area contributed by atoms with E-state index in [2.05, 4.69) is 15.3 Å². The number of aromatic amines is 1. The second-order valence-electron chi connectivity index (χ2n) is 7.10. The number of amides is 1.